The quantitative estimate of drug-likeness (QED) is 0.469. The minimum atomic E-state index is 0.298. The number of hydrogen-bond acceptors (Lipinski definition) is 3. The molecule has 1 heterocycles. The van der Waals surface area contributed by atoms with Crippen LogP contribution in [0.1, 0.15) is 51.9 Å². The van der Waals surface area contributed by atoms with Crippen LogP contribution in [0.5, 0.6) is 0 Å². The zero-order chi connectivity index (χ0) is 12.6. The van der Waals surface area contributed by atoms with Crippen molar-refractivity contribution >= 4 is 0 Å². The van der Waals surface area contributed by atoms with Gasteiger partial charge in [0.1, 0.15) is 6.10 Å². The molecule has 2 fully saturated rings. The summed E-state index contributed by atoms with van der Waals surface area (Å²) in [6.07, 6.45) is 9.76. The maximum Gasteiger partial charge on any atom is 0.104 e. The van der Waals surface area contributed by atoms with Crippen LogP contribution in [-0.2, 0) is 14.2 Å². The van der Waals surface area contributed by atoms with Crippen molar-refractivity contribution in [3.8, 4) is 0 Å². The first-order valence-corrected chi connectivity index (χ1v) is 7.71. The average Bonchev–Trinajstić information content (AvgIpc) is 3.23. The molecular weight excluding hydrogens is 228 g/mol. The lowest BCUT2D eigenvalue weighted by Crippen LogP contribution is -2.32. The van der Waals surface area contributed by atoms with Gasteiger partial charge in [0.15, 0.2) is 0 Å². The van der Waals surface area contributed by atoms with E-state index in [4.69, 9.17) is 14.2 Å². The van der Waals surface area contributed by atoms with Crippen molar-refractivity contribution in [3.05, 3.63) is 0 Å². The van der Waals surface area contributed by atoms with Crippen molar-refractivity contribution < 1.29 is 14.2 Å². The largest absolute Gasteiger partial charge is 0.379 e. The molecule has 0 bridgehead atoms. The zero-order valence-corrected chi connectivity index (χ0v) is 11.7. The van der Waals surface area contributed by atoms with Crippen LogP contribution in [0.3, 0.4) is 0 Å². The molecule has 3 nitrogen and oxygen atoms in total. The van der Waals surface area contributed by atoms with Crippen LogP contribution in [0.15, 0.2) is 0 Å². The van der Waals surface area contributed by atoms with E-state index in [-0.39, 0.29) is 0 Å². The summed E-state index contributed by atoms with van der Waals surface area (Å²) >= 11 is 0. The highest BCUT2D eigenvalue weighted by molar-refractivity contribution is 4.76. The first-order chi connectivity index (χ1) is 8.90. The molecule has 0 aromatic carbocycles. The van der Waals surface area contributed by atoms with Crippen LogP contribution >= 0.6 is 0 Å². The summed E-state index contributed by atoms with van der Waals surface area (Å²) in [5, 5.41) is 0. The van der Waals surface area contributed by atoms with Crippen molar-refractivity contribution in [1.29, 1.82) is 0 Å². The lowest BCUT2D eigenvalue weighted by atomic mass is 9.85. The number of epoxide rings is 1. The molecule has 0 radical (unpaired) electrons. The Kier molecular flexibility index (Phi) is 6.46. The number of hydrogen-bond donors (Lipinski definition) is 0. The van der Waals surface area contributed by atoms with Gasteiger partial charge in [-0.25, -0.2) is 0 Å². The maximum absolute atomic E-state index is 6.04. The second kappa shape index (κ2) is 8.13. The van der Waals surface area contributed by atoms with Crippen molar-refractivity contribution in [2.75, 3.05) is 26.4 Å². The lowest BCUT2D eigenvalue weighted by Gasteiger charge is -2.30. The highest BCUT2D eigenvalue weighted by Gasteiger charge is 2.28. The van der Waals surface area contributed by atoms with E-state index < -0.39 is 0 Å². The topological polar surface area (TPSA) is 31.0 Å². The predicted molar refractivity (Wildman–Crippen MR) is 71.8 cm³/mol. The number of rotatable bonds is 9. The van der Waals surface area contributed by atoms with E-state index in [2.05, 4.69) is 6.92 Å². The van der Waals surface area contributed by atoms with Gasteiger partial charge in [-0.05, 0) is 25.2 Å². The molecule has 2 unspecified atom stereocenters. The van der Waals surface area contributed by atoms with Crippen molar-refractivity contribution in [2.24, 2.45) is 5.92 Å². The van der Waals surface area contributed by atoms with Gasteiger partial charge >= 0.3 is 0 Å². The van der Waals surface area contributed by atoms with Gasteiger partial charge in [0.25, 0.3) is 0 Å². The molecule has 106 valence electrons. The van der Waals surface area contributed by atoms with Gasteiger partial charge in [0.2, 0.25) is 0 Å². The van der Waals surface area contributed by atoms with E-state index in [1.54, 1.807) is 0 Å². The molecule has 2 aliphatic rings. The molecule has 2 atom stereocenters. The molecule has 0 N–H and O–H groups in total. The second-order valence-electron chi connectivity index (χ2n) is 5.65. The van der Waals surface area contributed by atoms with Crippen molar-refractivity contribution in [3.63, 3.8) is 0 Å². The molecule has 1 saturated carbocycles. The van der Waals surface area contributed by atoms with Gasteiger partial charge in [0.05, 0.1) is 25.9 Å². The fourth-order valence-corrected chi connectivity index (χ4v) is 2.67. The lowest BCUT2D eigenvalue weighted by molar-refractivity contribution is -0.0583. The Balaban J connectivity index is 1.68. The minimum absolute atomic E-state index is 0.298. The molecule has 1 aliphatic heterocycles. The highest BCUT2D eigenvalue weighted by atomic mass is 16.6. The highest BCUT2D eigenvalue weighted by Crippen LogP contribution is 2.28. The Labute approximate surface area is 111 Å². The van der Waals surface area contributed by atoms with Crippen molar-refractivity contribution in [1.82, 2.24) is 0 Å². The molecule has 1 saturated heterocycles. The fourth-order valence-electron chi connectivity index (χ4n) is 2.67. The second-order valence-corrected chi connectivity index (χ2v) is 5.65. The molecule has 0 aromatic heterocycles. The first kappa shape index (κ1) is 14.3. The van der Waals surface area contributed by atoms with E-state index in [0.717, 1.165) is 32.8 Å². The fraction of sp³-hybridized carbons (Fsp3) is 1.00. The van der Waals surface area contributed by atoms with Crippen LogP contribution in [0.25, 0.3) is 0 Å². The molecule has 2 rings (SSSR count). The van der Waals surface area contributed by atoms with Gasteiger partial charge in [-0.15, -0.1) is 0 Å². The van der Waals surface area contributed by atoms with Gasteiger partial charge in [0, 0.05) is 6.61 Å². The maximum atomic E-state index is 6.04. The van der Waals surface area contributed by atoms with E-state index in [9.17, 15) is 0 Å². The van der Waals surface area contributed by atoms with Crippen LogP contribution in [0.4, 0.5) is 0 Å². The summed E-state index contributed by atoms with van der Waals surface area (Å²) in [5.41, 5.74) is 0. The molecule has 18 heavy (non-hydrogen) atoms. The van der Waals surface area contributed by atoms with Crippen molar-refractivity contribution in [2.45, 2.75) is 64.1 Å². The van der Waals surface area contributed by atoms with Crippen LogP contribution < -0.4 is 0 Å². The molecule has 1 aliphatic carbocycles. The summed E-state index contributed by atoms with van der Waals surface area (Å²) < 4.78 is 17.0. The Morgan fingerprint density at radius 3 is 2.67 bits per heavy atom. The number of ether oxygens (including phenoxy) is 3. The van der Waals surface area contributed by atoms with Gasteiger partial charge < -0.3 is 14.2 Å². The summed E-state index contributed by atoms with van der Waals surface area (Å²) in [5.74, 6) is 0.708. The van der Waals surface area contributed by atoms with E-state index >= 15 is 0 Å². The van der Waals surface area contributed by atoms with Gasteiger partial charge in [-0.1, -0.05) is 32.6 Å². The van der Waals surface area contributed by atoms with Crippen LogP contribution in [-0.4, -0.2) is 38.6 Å². The Morgan fingerprint density at radius 2 is 2.00 bits per heavy atom. The zero-order valence-electron chi connectivity index (χ0n) is 11.7. The van der Waals surface area contributed by atoms with E-state index in [0.29, 0.717) is 18.1 Å². The SMILES string of the molecule is CCCCOCC(OCC1CO1)C1CCCCC1. The number of unbranched alkanes of at least 4 members (excludes halogenated alkanes) is 1. The van der Waals surface area contributed by atoms with Gasteiger partial charge in [-0.3, -0.25) is 0 Å². The standard InChI is InChI=1S/C15H28O3/c1-2-3-9-16-12-15(18-11-14-10-17-14)13-7-5-4-6-8-13/h13-15H,2-12H2,1H3. The summed E-state index contributed by atoms with van der Waals surface area (Å²) in [4.78, 5) is 0. The summed E-state index contributed by atoms with van der Waals surface area (Å²) in [7, 11) is 0. The van der Waals surface area contributed by atoms with Crippen LogP contribution in [0.2, 0.25) is 0 Å². The first-order valence-electron chi connectivity index (χ1n) is 7.71. The normalized spacial score (nSPS) is 26.2. The minimum Gasteiger partial charge on any atom is -0.379 e. The summed E-state index contributed by atoms with van der Waals surface area (Å²) in [6.45, 7) is 5.50. The van der Waals surface area contributed by atoms with Crippen LogP contribution in [0, 0.1) is 5.92 Å². The molecular formula is C15H28O3. The Hall–Kier alpha value is -0.120. The monoisotopic (exact) mass is 256 g/mol. The third-order valence-corrected chi connectivity index (χ3v) is 4.00. The molecule has 0 amide bonds. The Morgan fingerprint density at radius 1 is 1.22 bits per heavy atom. The molecule has 3 heteroatoms. The third kappa shape index (κ3) is 5.25. The van der Waals surface area contributed by atoms with E-state index in [1.807, 2.05) is 0 Å². The molecule has 0 spiro atoms. The third-order valence-electron chi connectivity index (χ3n) is 4.00. The molecule has 0 aromatic rings. The van der Waals surface area contributed by atoms with Gasteiger partial charge in [-0.2, -0.15) is 0 Å². The Bertz CT molecular complexity index is 210. The van der Waals surface area contributed by atoms with E-state index in [1.165, 1.54) is 38.5 Å². The summed E-state index contributed by atoms with van der Waals surface area (Å²) in [6, 6.07) is 0. The predicted octanol–water partition coefficient (Wildman–Crippen LogP) is 3.17. The average molecular weight is 256 g/mol. The smallest absolute Gasteiger partial charge is 0.104 e.